The average Bonchev–Trinajstić information content (AvgIpc) is 3.74. The van der Waals surface area contributed by atoms with E-state index in [4.69, 9.17) is 8.83 Å². The van der Waals surface area contributed by atoms with Gasteiger partial charge in [0.1, 0.15) is 16.7 Å². The third kappa shape index (κ3) is 4.51. The van der Waals surface area contributed by atoms with Crippen molar-refractivity contribution in [1.82, 2.24) is 0 Å². The second-order valence-corrected chi connectivity index (χ2v) is 12.5. The first-order chi connectivity index (χ1) is 24.3. The molecule has 0 atom stereocenters. The molecule has 3 heteroatoms. The number of rotatable bonds is 5. The molecule has 0 amide bonds. The summed E-state index contributed by atoms with van der Waals surface area (Å²) in [5, 5.41) is 6.94. The number of para-hydroxylation sites is 3. The fourth-order valence-electron chi connectivity index (χ4n) is 7.33. The van der Waals surface area contributed by atoms with E-state index >= 15 is 0 Å². The lowest BCUT2D eigenvalue weighted by molar-refractivity contribution is 0.668. The minimum atomic E-state index is 0.860. The number of fused-ring (bicyclic) bond motifs is 7. The van der Waals surface area contributed by atoms with Crippen LogP contribution in [0.1, 0.15) is 0 Å². The average molecular weight is 628 g/mol. The van der Waals surface area contributed by atoms with Crippen LogP contribution in [-0.4, -0.2) is 0 Å². The maximum absolute atomic E-state index is 6.59. The Morgan fingerprint density at radius 2 is 0.980 bits per heavy atom. The van der Waals surface area contributed by atoms with Crippen LogP contribution >= 0.6 is 0 Å². The highest BCUT2D eigenvalue weighted by Gasteiger charge is 2.20. The van der Waals surface area contributed by atoms with Gasteiger partial charge in [-0.2, -0.15) is 0 Å². The molecule has 10 rings (SSSR count). The van der Waals surface area contributed by atoms with Crippen molar-refractivity contribution >= 4 is 71.7 Å². The van der Waals surface area contributed by atoms with E-state index in [2.05, 4.69) is 157 Å². The lowest BCUT2D eigenvalue weighted by Gasteiger charge is -2.26. The van der Waals surface area contributed by atoms with E-state index in [1.165, 1.54) is 16.3 Å². The van der Waals surface area contributed by atoms with Crippen molar-refractivity contribution in [2.24, 2.45) is 0 Å². The third-order valence-corrected chi connectivity index (χ3v) is 9.67. The minimum absolute atomic E-state index is 0.860. The van der Waals surface area contributed by atoms with Crippen LogP contribution in [0.15, 0.2) is 185 Å². The van der Waals surface area contributed by atoms with Crippen molar-refractivity contribution in [3.05, 3.63) is 176 Å². The number of nitrogens with zero attached hydrogens (tertiary/aromatic N) is 1. The Labute approximate surface area is 282 Å². The molecule has 0 spiro atoms. The molecule has 3 nitrogen and oxygen atoms in total. The number of hydrogen-bond acceptors (Lipinski definition) is 3. The second-order valence-electron chi connectivity index (χ2n) is 12.5. The Balaban J connectivity index is 1.13. The first-order valence-corrected chi connectivity index (χ1v) is 16.6. The van der Waals surface area contributed by atoms with Crippen molar-refractivity contribution in [1.29, 1.82) is 0 Å². The minimum Gasteiger partial charge on any atom is -0.456 e. The predicted octanol–water partition coefficient (Wildman–Crippen LogP) is 13.4. The number of hydrogen-bond donors (Lipinski definition) is 0. The molecule has 49 heavy (non-hydrogen) atoms. The molecule has 0 aliphatic carbocycles. The molecular weight excluding hydrogens is 599 g/mol. The predicted molar refractivity (Wildman–Crippen MR) is 204 cm³/mol. The van der Waals surface area contributed by atoms with Crippen molar-refractivity contribution < 1.29 is 8.83 Å². The molecule has 230 valence electrons. The highest BCUT2D eigenvalue weighted by atomic mass is 16.3. The summed E-state index contributed by atoms with van der Waals surface area (Å²) in [5.74, 6) is 0. The molecule has 2 heterocycles. The van der Waals surface area contributed by atoms with Gasteiger partial charge < -0.3 is 13.7 Å². The Morgan fingerprint density at radius 3 is 1.84 bits per heavy atom. The Morgan fingerprint density at radius 1 is 0.347 bits per heavy atom. The van der Waals surface area contributed by atoms with E-state index in [9.17, 15) is 0 Å². The molecule has 0 aliphatic rings. The lowest BCUT2D eigenvalue weighted by Crippen LogP contribution is -2.10. The quantitative estimate of drug-likeness (QED) is 0.190. The van der Waals surface area contributed by atoms with Gasteiger partial charge in [0.2, 0.25) is 0 Å². The summed E-state index contributed by atoms with van der Waals surface area (Å²) in [6.07, 6.45) is 0. The van der Waals surface area contributed by atoms with Gasteiger partial charge in [-0.25, -0.2) is 0 Å². The number of benzene rings is 8. The monoisotopic (exact) mass is 627 g/mol. The van der Waals surface area contributed by atoms with Crippen molar-refractivity contribution in [3.63, 3.8) is 0 Å². The fraction of sp³-hybridized carbons (Fsp3) is 0. The van der Waals surface area contributed by atoms with Crippen LogP contribution in [-0.2, 0) is 0 Å². The van der Waals surface area contributed by atoms with Crippen LogP contribution in [0.5, 0.6) is 0 Å². The van der Waals surface area contributed by atoms with Crippen molar-refractivity contribution in [3.8, 4) is 22.3 Å². The maximum atomic E-state index is 6.59. The fourth-order valence-corrected chi connectivity index (χ4v) is 7.33. The molecule has 0 fully saturated rings. The Kier molecular flexibility index (Phi) is 6.18. The van der Waals surface area contributed by atoms with Gasteiger partial charge in [-0.1, -0.05) is 121 Å². The molecular formula is C46H29NO2. The summed E-state index contributed by atoms with van der Waals surface area (Å²) in [7, 11) is 0. The summed E-state index contributed by atoms with van der Waals surface area (Å²) in [4.78, 5) is 2.31. The van der Waals surface area contributed by atoms with Gasteiger partial charge in [0.05, 0.1) is 5.69 Å². The zero-order valence-electron chi connectivity index (χ0n) is 26.5. The van der Waals surface area contributed by atoms with Gasteiger partial charge in [-0.15, -0.1) is 0 Å². The Hall–Kier alpha value is -6.58. The topological polar surface area (TPSA) is 29.5 Å². The molecule has 0 N–H and O–H groups in total. The molecule has 0 saturated heterocycles. The van der Waals surface area contributed by atoms with E-state index in [0.29, 0.717) is 0 Å². The van der Waals surface area contributed by atoms with Crippen molar-refractivity contribution in [2.45, 2.75) is 0 Å². The molecule has 10 aromatic rings. The third-order valence-electron chi connectivity index (χ3n) is 9.67. The maximum Gasteiger partial charge on any atom is 0.159 e. The van der Waals surface area contributed by atoms with Crippen molar-refractivity contribution in [2.75, 3.05) is 4.90 Å². The van der Waals surface area contributed by atoms with Gasteiger partial charge in [0.15, 0.2) is 5.58 Å². The summed E-state index contributed by atoms with van der Waals surface area (Å²) in [6.45, 7) is 0. The smallest absolute Gasteiger partial charge is 0.159 e. The zero-order valence-corrected chi connectivity index (χ0v) is 26.5. The van der Waals surface area contributed by atoms with Gasteiger partial charge in [-0.05, 0) is 87.6 Å². The zero-order chi connectivity index (χ0) is 32.3. The van der Waals surface area contributed by atoms with Crippen LogP contribution in [0.2, 0.25) is 0 Å². The van der Waals surface area contributed by atoms with Gasteiger partial charge in [0, 0.05) is 32.9 Å². The van der Waals surface area contributed by atoms with Crippen LogP contribution in [0.4, 0.5) is 17.1 Å². The largest absolute Gasteiger partial charge is 0.456 e. The number of anilines is 3. The van der Waals surface area contributed by atoms with Crippen LogP contribution in [0.25, 0.3) is 76.9 Å². The highest BCUT2D eigenvalue weighted by molar-refractivity contribution is 6.10. The molecule has 0 bridgehead atoms. The molecule has 2 aromatic heterocycles. The van der Waals surface area contributed by atoms with E-state index in [-0.39, 0.29) is 0 Å². The van der Waals surface area contributed by atoms with Gasteiger partial charge in [0.25, 0.3) is 0 Å². The second kappa shape index (κ2) is 11.0. The number of furan rings is 2. The lowest BCUT2D eigenvalue weighted by atomic mass is 9.97. The molecule has 8 aromatic carbocycles. The van der Waals surface area contributed by atoms with Gasteiger partial charge >= 0.3 is 0 Å². The van der Waals surface area contributed by atoms with Crippen LogP contribution in [0, 0.1) is 0 Å². The van der Waals surface area contributed by atoms with Crippen LogP contribution in [0.3, 0.4) is 0 Å². The summed E-state index contributed by atoms with van der Waals surface area (Å²) in [5.41, 5.74) is 11.2. The van der Waals surface area contributed by atoms with E-state index in [1.807, 2.05) is 24.3 Å². The SMILES string of the molecule is c1cc(-c2cccc3ccccc23)cc(N(c2ccc(-c3ccc4c(c3)oc3ccccc34)cc2)c2cccc3c2oc2ccccc23)c1. The summed E-state index contributed by atoms with van der Waals surface area (Å²) >= 11 is 0. The molecule has 0 unspecified atom stereocenters. The summed E-state index contributed by atoms with van der Waals surface area (Å²) in [6, 6.07) is 62.1. The van der Waals surface area contributed by atoms with Gasteiger partial charge in [-0.3, -0.25) is 0 Å². The molecule has 0 radical (unpaired) electrons. The van der Waals surface area contributed by atoms with E-state index in [1.54, 1.807) is 0 Å². The summed E-state index contributed by atoms with van der Waals surface area (Å²) < 4.78 is 12.8. The first kappa shape index (κ1) is 27.5. The standard InChI is InChI=1S/C46H29NO2/c1-2-14-36-31(10-1)11-8-17-37(36)33-12-7-13-35(28-33)47(42-19-9-18-41-39-16-4-6-21-44(39)49-46(41)42)34-25-22-30(23-26-34)32-24-27-40-38-15-3-5-20-43(38)48-45(40)29-32/h1-29H. The highest BCUT2D eigenvalue weighted by Crippen LogP contribution is 2.44. The van der Waals surface area contributed by atoms with E-state index < -0.39 is 0 Å². The molecule has 0 aliphatic heterocycles. The Bertz CT molecular complexity index is 2830. The normalized spacial score (nSPS) is 11.7. The van der Waals surface area contributed by atoms with Crippen LogP contribution < -0.4 is 4.90 Å². The van der Waals surface area contributed by atoms with E-state index in [0.717, 1.165) is 77.6 Å². The first-order valence-electron chi connectivity index (χ1n) is 16.6. The molecule has 0 saturated carbocycles.